The van der Waals surface area contributed by atoms with E-state index in [1.54, 1.807) is 0 Å². The average Bonchev–Trinajstić information content (AvgIpc) is 2.97. The lowest BCUT2D eigenvalue weighted by molar-refractivity contribution is -0.122. The minimum absolute atomic E-state index is 0.211. The Morgan fingerprint density at radius 2 is 2.14 bits per heavy atom. The second-order valence-electron chi connectivity index (χ2n) is 6.24. The fraction of sp³-hybridized carbons (Fsp3) is 0.800. The van der Waals surface area contributed by atoms with Crippen LogP contribution in [0.1, 0.15) is 52.4 Å². The van der Waals surface area contributed by atoms with Crippen molar-refractivity contribution in [2.75, 3.05) is 13.1 Å². The Morgan fingerprint density at radius 1 is 1.38 bits per heavy atom. The molecule has 0 atom stereocenters. The zero-order valence-corrected chi connectivity index (χ0v) is 13.2. The molecule has 2 aliphatic heterocycles. The van der Waals surface area contributed by atoms with E-state index in [9.17, 15) is 4.79 Å². The topological polar surface area (TPSA) is 68.4 Å². The maximum Gasteiger partial charge on any atom is 0.220 e. The maximum absolute atomic E-state index is 11.9. The van der Waals surface area contributed by atoms with Crippen LogP contribution < -0.4 is 21.7 Å². The summed E-state index contributed by atoms with van der Waals surface area (Å²) in [7, 11) is 0. The number of amides is 1. The highest BCUT2D eigenvalue weighted by atomic mass is 16.1. The Hall–Kier alpha value is -1.27. The van der Waals surface area contributed by atoms with Gasteiger partial charge in [0.2, 0.25) is 5.91 Å². The summed E-state index contributed by atoms with van der Waals surface area (Å²) in [6, 6.07) is 0.990. The summed E-state index contributed by atoms with van der Waals surface area (Å²) in [4.78, 5) is 14.4. The first kappa shape index (κ1) is 16.1. The van der Waals surface area contributed by atoms with Gasteiger partial charge in [0.05, 0.1) is 0 Å². The lowest BCUT2D eigenvalue weighted by Crippen LogP contribution is -2.46. The van der Waals surface area contributed by atoms with Crippen molar-refractivity contribution in [2.24, 2.45) is 0 Å². The average molecular weight is 295 g/mol. The standard InChI is InChI=1S/C15H29N5O/c1-12(2)20-9-7-13(8-10-20)17-15(21)6-4-3-5-14-11-16-19-18-14/h11-13,16,18-19H,3-10H2,1-2H3,(H,17,21). The number of carbonyl (C=O) groups excluding carboxylic acids is 1. The van der Waals surface area contributed by atoms with Gasteiger partial charge < -0.3 is 21.1 Å². The summed E-state index contributed by atoms with van der Waals surface area (Å²) in [5.74, 6) is 0.211. The van der Waals surface area contributed by atoms with Crippen LogP contribution in [0, 0.1) is 0 Å². The number of unbranched alkanes of at least 4 members (excludes halogenated alkanes) is 1. The SMILES string of the molecule is CC(C)N1CCC(NC(=O)CCCCC2=CNNN2)CC1. The molecular formula is C15H29N5O. The van der Waals surface area contributed by atoms with Crippen LogP contribution in [0.15, 0.2) is 11.9 Å². The predicted molar refractivity (Wildman–Crippen MR) is 83.8 cm³/mol. The molecule has 0 spiro atoms. The molecule has 0 saturated carbocycles. The quantitative estimate of drug-likeness (QED) is 0.527. The van der Waals surface area contributed by atoms with Crippen molar-refractivity contribution in [3.63, 3.8) is 0 Å². The van der Waals surface area contributed by atoms with Crippen molar-refractivity contribution in [3.05, 3.63) is 11.9 Å². The number of piperidine rings is 1. The normalized spacial score (nSPS) is 20.0. The fourth-order valence-corrected chi connectivity index (χ4v) is 2.87. The first-order chi connectivity index (χ1) is 10.1. The summed E-state index contributed by atoms with van der Waals surface area (Å²) in [6.07, 6.45) is 7.66. The molecule has 1 saturated heterocycles. The van der Waals surface area contributed by atoms with Crippen LogP contribution in [-0.4, -0.2) is 36.0 Å². The third kappa shape index (κ3) is 5.55. The number of allylic oxidation sites excluding steroid dienone is 1. The van der Waals surface area contributed by atoms with Gasteiger partial charge in [0.25, 0.3) is 0 Å². The van der Waals surface area contributed by atoms with Gasteiger partial charge in [-0.05, 0) is 46.0 Å². The Bertz CT molecular complexity index is 361. The van der Waals surface area contributed by atoms with Crippen molar-refractivity contribution < 1.29 is 4.79 Å². The lowest BCUT2D eigenvalue weighted by atomic mass is 10.0. The molecule has 2 rings (SSSR count). The van der Waals surface area contributed by atoms with E-state index in [-0.39, 0.29) is 5.91 Å². The number of hydrogen-bond acceptors (Lipinski definition) is 5. The number of rotatable bonds is 7. The molecule has 2 aliphatic rings. The highest BCUT2D eigenvalue weighted by Crippen LogP contribution is 2.13. The summed E-state index contributed by atoms with van der Waals surface area (Å²) in [5, 5.41) is 3.19. The molecule has 1 fully saturated rings. The minimum Gasteiger partial charge on any atom is -0.353 e. The molecule has 6 heteroatoms. The van der Waals surface area contributed by atoms with Crippen LogP contribution in [0.3, 0.4) is 0 Å². The van der Waals surface area contributed by atoms with E-state index in [1.165, 1.54) is 0 Å². The van der Waals surface area contributed by atoms with E-state index in [0.717, 1.165) is 50.9 Å². The maximum atomic E-state index is 11.9. The fourth-order valence-electron chi connectivity index (χ4n) is 2.87. The van der Waals surface area contributed by atoms with Crippen LogP contribution in [0.5, 0.6) is 0 Å². The number of nitrogens with one attached hydrogen (secondary N) is 4. The zero-order chi connectivity index (χ0) is 15.1. The van der Waals surface area contributed by atoms with Crippen LogP contribution in [0.25, 0.3) is 0 Å². The Labute approximate surface area is 127 Å². The highest BCUT2D eigenvalue weighted by Gasteiger charge is 2.21. The van der Waals surface area contributed by atoms with E-state index in [1.807, 2.05) is 6.20 Å². The number of nitrogens with zero attached hydrogens (tertiary/aromatic N) is 1. The van der Waals surface area contributed by atoms with Crippen molar-refractivity contribution in [1.29, 1.82) is 0 Å². The third-order valence-electron chi connectivity index (χ3n) is 4.27. The number of hydrogen-bond donors (Lipinski definition) is 4. The summed E-state index contributed by atoms with van der Waals surface area (Å²) >= 11 is 0. The summed E-state index contributed by atoms with van der Waals surface area (Å²) in [6.45, 7) is 6.67. The molecule has 120 valence electrons. The number of likely N-dealkylation sites (tertiary alicyclic amines) is 1. The Kier molecular flexibility index (Phi) is 6.32. The van der Waals surface area contributed by atoms with Gasteiger partial charge >= 0.3 is 0 Å². The highest BCUT2D eigenvalue weighted by molar-refractivity contribution is 5.76. The van der Waals surface area contributed by atoms with Crippen LogP contribution in [-0.2, 0) is 4.79 Å². The third-order valence-corrected chi connectivity index (χ3v) is 4.27. The molecule has 6 nitrogen and oxygen atoms in total. The molecule has 21 heavy (non-hydrogen) atoms. The Morgan fingerprint density at radius 3 is 2.76 bits per heavy atom. The molecule has 0 aromatic heterocycles. The first-order valence-corrected chi connectivity index (χ1v) is 8.14. The second kappa shape index (κ2) is 8.24. The number of hydrazine groups is 2. The van der Waals surface area contributed by atoms with Gasteiger partial charge in [-0.2, -0.15) is 5.53 Å². The van der Waals surface area contributed by atoms with E-state index < -0.39 is 0 Å². The monoisotopic (exact) mass is 295 g/mol. The molecule has 4 N–H and O–H groups in total. The van der Waals surface area contributed by atoms with Crippen molar-refractivity contribution in [1.82, 2.24) is 26.6 Å². The van der Waals surface area contributed by atoms with Crippen molar-refractivity contribution in [2.45, 2.75) is 64.5 Å². The minimum atomic E-state index is 0.211. The molecule has 0 aromatic rings. The van der Waals surface area contributed by atoms with E-state index >= 15 is 0 Å². The van der Waals surface area contributed by atoms with Gasteiger partial charge in [-0.15, -0.1) is 0 Å². The predicted octanol–water partition coefficient (Wildman–Crippen LogP) is 0.990. The molecule has 0 radical (unpaired) electrons. The van der Waals surface area contributed by atoms with E-state index in [0.29, 0.717) is 18.5 Å². The van der Waals surface area contributed by atoms with Gasteiger partial charge in [0.1, 0.15) is 0 Å². The van der Waals surface area contributed by atoms with Gasteiger partial charge in [-0.3, -0.25) is 4.79 Å². The summed E-state index contributed by atoms with van der Waals surface area (Å²) in [5.41, 5.74) is 9.86. The van der Waals surface area contributed by atoms with E-state index in [2.05, 4.69) is 40.5 Å². The largest absolute Gasteiger partial charge is 0.353 e. The zero-order valence-electron chi connectivity index (χ0n) is 13.2. The molecule has 0 unspecified atom stereocenters. The van der Waals surface area contributed by atoms with Crippen LogP contribution in [0.2, 0.25) is 0 Å². The summed E-state index contributed by atoms with van der Waals surface area (Å²) < 4.78 is 0. The molecule has 2 heterocycles. The Balaban J connectivity index is 1.53. The van der Waals surface area contributed by atoms with Crippen LogP contribution in [0.4, 0.5) is 0 Å². The van der Waals surface area contributed by atoms with Crippen molar-refractivity contribution >= 4 is 5.91 Å². The molecular weight excluding hydrogens is 266 g/mol. The van der Waals surface area contributed by atoms with Crippen molar-refractivity contribution in [3.8, 4) is 0 Å². The molecule has 0 aliphatic carbocycles. The molecule has 1 amide bonds. The smallest absolute Gasteiger partial charge is 0.220 e. The van der Waals surface area contributed by atoms with Gasteiger partial charge in [-0.25, -0.2) is 0 Å². The van der Waals surface area contributed by atoms with E-state index in [4.69, 9.17) is 0 Å². The lowest BCUT2D eigenvalue weighted by Gasteiger charge is -2.34. The molecule has 0 aromatic carbocycles. The second-order valence-corrected chi connectivity index (χ2v) is 6.24. The van der Waals surface area contributed by atoms with Crippen LogP contribution >= 0.6 is 0 Å². The first-order valence-electron chi connectivity index (χ1n) is 8.14. The molecule has 0 bridgehead atoms. The number of carbonyl (C=O) groups is 1. The van der Waals surface area contributed by atoms with Gasteiger partial charge in [0, 0.05) is 43.5 Å². The van der Waals surface area contributed by atoms with Gasteiger partial charge in [0.15, 0.2) is 0 Å². The van der Waals surface area contributed by atoms with Gasteiger partial charge in [-0.1, -0.05) is 0 Å².